The molecule has 56 heavy (non-hydrogen) atoms. The number of imidazole rings is 1. The van der Waals surface area contributed by atoms with Crippen molar-refractivity contribution < 1.29 is 28.7 Å². The molecule has 0 aliphatic carbocycles. The molecule has 2 aliphatic heterocycles. The van der Waals surface area contributed by atoms with Crippen LogP contribution in [0.2, 0.25) is 0 Å². The van der Waals surface area contributed by atoms with Crippen molar-refractivity contribution in [2.24, 2.45) is 0 Å². The largest absolute Gasteiger partial charge is 0.484 e. The van der Waals surface area contributed by atoms with E-state index >= 15 is 0 Å². The number of aldehydes is 1. The number of aryl methyl sites for hydroxylation is 1. The Labute approximate surface area is 323 Å². The van der Waals surface area contributed by atoms with E-state index in [0.29, 0.717) is 25.2 Å². The lowest BCUT2D eigenvalue weighted by Gasteiger charge is -2.36. The number of piperidine rings is 1. The van der Waals surface area contributed by atoms with Gasteiger partial charge in [0.2, 0.25) is 11.8 Å². The van der Waals surface area contributed by atoms with Gasteiger partial charge in [0.25, 0.3) is 11.8 Å². The number of fused-ring (bicyclic) bond motifs is 1. The molecular weight excluding hydrogens is 715 g/mol. The smallest absolute Gasteiger partial charge is 0.257 e. The molecular formula is C41H43N9O6. The van der Waals surface area contributed by atoms with Crippen molar-refractivity contribution in [3.63, 3.8) is 0 Å². The lowest BCUT2D eigenvalue weighted by atomic mass is 10.0. The van der Waals surface area contributed by atoms with Crippen molar-refractivity contribution in [3.8, 4) is 17.0 Å². The Morgan fingerprint density at radius 1 is 1.02 bits per heavy atom. The molecule has 1 atom stereocenters. The summed E-state index contributed by atoms with van der Waals surface area (Å²) < 4.78 is 7.66. The first kappa shape index (κ1) is 37.7. The summed E-state index contributed by atoms with van der Waals surface area (Å²) in [6.07, 6.45) is 6.44. The van der Waals surface area contributed by atoms with Crippen LogP contribution in [0.4, 0.5) is 17.2 Å². The number of nitrogens with one attached hydrogen (secondary N) is 3. The highest BCUT2D eigenvalue weighted by atomic mass is 16.5. The highest BCUT2D eigenvalue weighted by Gasteiger charge is 2.33. The molecule has 0 radical (unpaired) electrons. The molecule has 3 N–H and O–H groups in total. The first-order valence-electron chi connectivity index (χ1n) is 18.5. The zero-order valence-electron chi connectivity index (χ0n) is 31.2. The standard InChI is InChI=1S/C41H43N9O6/c1-27-5-3-6-28(21-27)35-24-44-38(39-43-14-16-50(35)39)45-30-7-4-8-31(23-30)49-19-17-48(18-20-49)15-13-42-37(53)26-56-32-9-10-33(29(22-32)25-51)41(55)47(2)34-11-12-36(52)46-40(34)54/h3-10,14,16,21-25,34H,11-13,15,17-20,26H2,1-2H3,(H,42,53)(H,44,45)(H,46,52,54). The Morgan fingerprint density at radius 3 is 2.62 bits per heavy atom. The van der Waals surface area contributed by atoms with Crippen LogP contribution in [0.3, 0.4) is 0 Å². The number of amides is 4. The summed E-state index contributed by atoms with van der Waals surface area (Å²) in [6, 6.07) is 20.1. The van der Waals surface area contributed by atoms with Crippen LogP contribution in [0.15, 0.2) is 85.3 Å². The molecule has 288 valence electrons. The summed E-state index contributed by atoms with van der Waals surface area (Å²) >= 11 is 0. The third kappa shape index (κ3) is 8.52. The van der Waals surface area contributed by atoms with Crippen LogP contribution >= 0.6 is 0 Å². The number of ether oxygens (including phenoxy) is 1. The fourth-order valence-electron chi connectivity index (χ4n) is 7.03. The summed E-state index contributed by atoms with van der Waals surface area (Å²) in [4.78, 5) is 76.4. The molecule has 2 saturated heterocycles. The van der Waals surface area contributed by atoms with E-state index in [2.05, 4.69) is 68.0 Å². The normalized spacial score (nSPS) is 16.0. The Hall–Kier alpha value is -6.61. The molecule has 5 aromatic rings. The number of nitrogens with zero attached hydrogens (tertiary/aromatic N) is 6. The maximum absolute atomic E-state index is 13.1. The summed E-state index contributed by atoms with van der Waals surface area (Å²) in [6.45, 7) is 6.25. The quantitative estimate of drug-likeness (QED) is 0.119. The van der Waals surface area contributed by atoms with E-state index in [-0.39, 0.29) is 48.1 Å². The van der Waals surface area contributed by atoms with Gasteiger partial charge in [0.15, 0.2) is 24.4 Å². The summed E-state index contributed by atoms with van der Waals surface area (Å²) in [5, 5.41) is 8.58. The third-order valence-corrected chi connectivity index (χ3v) is 10.1. The Balaban J connectivity index is 0.856. The Kier molecular flexibility index (Phi) is 11.3. The molecule has 0 saturated carbocycles. The van der Waals surface area contributed by atoms with Crippen LogP contribution in [-0.2, 0) is 14.4 Å². The number of likely N-dealkylation sites (N-methyl/N-ethyl adjacent to an activating group) is 1. The molecule has 4 amide bonds. The first-order chi connectivity index (χ1) is 27.2. The number of rotatable bonds is 13. The minimum Gasteiger partial charge on any atom is -0.484 e. The molecule has 1 unspecified atom stereocenters. The second-order valence-corrected chi connectivity index (χ2v) is 13.9. The van der Waals surface area contributed by atoms with E-state index in [1.807, 2.05) is 35.0 Å². The van der Waals surface area contributed by atoms with Crippen LogP contribution in [0.5, 0.6) is 5.75 Å². The number of hydrogen-bond donors (Lipinski definition) is 3. The number of piperazine rings is 1. The van der Waals surface area contributed by atoms with E-state index < -0.39 is 17.9 Å². The van der Waals surface area contributed by atoms with Gasteiger partial charge >= 0.3 is 0 Å². The van der Waals surface area contributed by atoms with E-state index in [4.69, 9.17) is 9.72 Å². The number of benzene rings is 3. The van der Waals surface area contributed by atoms with Gasteiger partial charge in [-0.1, -0.05) is 29.8 Å². The molecule has 2 fully saturated rings. The van der Waals surface area contributed by atoms with Gasteiger partial charge in [-0.15, -0.1) is 0 Å². The van der Waals surface area contributed by atoms with Gasteiger partial charge in [-0.3, -0.25) is 38.6 Å². The first-order valence-corrected chi connectivity index (χ1v) is 18.5. The van der Waals surface area contributed by atoms with E-state index in [1.54, 1.807) is 6.20 Å². The van der Waals surface area contributed by atoms with Gasteiger partial charge in [0.05, 0.1) is 17.5 Å². The Morgan fingerprint density at radius 2 is 1.84 bits per heavy atom. The van der Waals surface area contributed by atoms with Crippen molar-refractivity contribution >= 4 is 52.8 Å². The molecule has 2 aliphatic rings. The minimum atomic E-state index is -0.823. The van der Waals surface area contributed by atoms with Crippen molar-refractivity contribution in [3.05, 3.63) is 102 Å². The summed E-state index contributed by atoms with van der Waals surface area (Å²) in [7, 11) is 1.45. The molecule has 0 spiro atoms. The van der Waals surface area contributed by atoms with Crippen molar-refractivity contribution in [1.82, 2.24) is 34.8 Å². The molecule has 7 rings (SSSR count). The van der Waals surface area contributed by atoms with Crippen LogP contribution in [-0.4, -0.2) is 113 Å². The SMILES string of the molecule is Cc1cccc(-c2cnc(Nc3cccc(N4CCN(CCNC(=O)COc5ccc(C(=O)N(C)C6CCC(=O)NC6=O)c(C=O)c5)CC4)c3)c3nccn23)c1. The fraction of sp³-hybridized carbons (Fsp3) is 0.293. The van der Waals surface area contributed by atoms with Gasteiger partial charge < -0.3 is 25.2 Å². The Bertz CT molecular complexity index is 2280. The predicted molar refractivity (Wildman–Crippen MR) is 210 cm³/mol. The fourth-order valence-corrected chi connectivity index (χ4v) is 7.03. The highest BCUT2D eigenvalue weighted by Crippen LogP contribution is 2.28. The van der Waals surface area contributed by atoms with E-state index in [1.165, 1.54) is 35.7 Å². The maximum atomic E-state index is 13.1. The number of aromatic nitrogens is 3. The minimum absolute atomic E-state index is 0.0610. The number of anilines is 3. The zero-order valence-corrected chi connectivity index (χ0v) is 31.2. The number of carbonyl (C=O) groups excluding carboxylic acids is 5. The van der Waals surface area contributed by atoms with Crippen LogP contribution in [0, 0.1) is 6.92 Å². The van der Waals surface area contributed by atoms with E-state index in [9.17, 15) is 24.0 Å². The summed E-state index contributed by atoms with van der Waals surface area (Å²) in [5.74, 6) is -0.871. The average Bonchev–Trinajstić information content (AvgIpc) is 3.71. The van der Waals surface area contributed by atoms with Crippen LogP contribution < -0.4 is 25.6 Å². The van der Waals surface area contributed by atoms with Gasteiger partial charge in [-0.25, -0.2) is 9.97 Å². The molecule has 15 nitrogen and oxygen atoms in total. The van der Waals surface area contributed by atoms with Crippen molar-refractivity contribution in [1.29, 1.82) is 0 Å². The second-order valence-electron chi connectivity index (χ2n) is 13.9. The molecule has 15 heteroatoms. The van der Waals surface area contributed by atoms with Gasteiger partial charge in [0.1, 0.15) is 11.8 Å². The lowest BCUT2D eigenvalue weighted by Crippen LogP contribution is -2.53. The van der Waals surface area contributed by atoms with Crippen molar-refractivity contribution in [2.75, 3.05) is 63.1 Å². The predicted octanol–water partition coefficient (Wildman–Crippen LogP) is 3.46. The molecule has 2 aromatic heterocycles. The number of carbonyl (C=O) groups is 5. The van der Waals surface area contributed by atoms with Crippen molar-refractivity contribution in [2.45, 2.75) is 25.8 Å². The lowest BCUT2D eigenvalue weighted by molar-refractivity contribution is -0.136. The summed E-state index contributed by atoms with van der Waals surface area (Å²) in [5.41, 5.74) is 6.14. The molecule has 4 heterocycles. The zero-order chi connectivity index (χ0) is 39.2. The maximum Gasteiger partial charge on any atom is 0.257 e. The van der Waals surface area contributed by atoms with Gasteiger partial charge in [-0.05, 0) is 55.8 Å². The number of hydrogen-bond acceptors (Lipinski definition) is 11. The van der Waals surface area contributed by atoms with Crippen LogP contribution in [0.25, 0.3) is 16.9 Å². The average molecular weight is 758 g/mol. The highest BCUT2D eigenvalue weighted by molar-refractivity contribution is 6.06. The monoisotopic (exact) mass is 757 g/mol. The topological polar surface area (TPSA) is 171 Å². The third-order valence-electron chi connectivity index (χ3n) is 10.1. The molecule has 0 bridgehead atoms. The number of imide groups is 1. The van der Waals surface area contributed by atoms with Gasteiger partial charge in [0, 0.05) is 87.6 Å². The molecule has 3 aromatic carbocycles. The van der Waals surface area contributed by atoms with Gasteiger partial charge in [-0.2, -0.15) is 0 Å². The second kappa shape index (κ2) is 16.8. The van der Waals surface area contributed by atoms with E-state index in [0.717, 1.165) is 54.5 Å². The van der Waals surface area contributed by atoms with Crippen LogP contribution in [0.1, 0.15) is 39.1 Å².